The highest BCUT2D eigenvalue weighted by Crippen LogP contribution is 2.38. The number of anilines is 2. The van der Waals surface area contributed by atoms with Crippen molar-refractivity contribution in [1.82, 2.24) is 4.90 Å². The van der Waals surface area contributed by atoms with Gasteiger partial charge in [0.25, 0.3) is 10.0 Å². The lowest BCUT2D eigenvalue weighted by molar-refractivity contribution is -0.133. The van der Waals surface area contributed by atoms with Gasteiger partial charge in [0.05, 0.1) is 21.3 Å². The van der Waals surface area contributed by atoms with Crippen LogP contribution in [0.2, 0.25) is 5.02 Å². The van der Waals surface area contributed by atoms with Crippen LogP contribution in [0.4, 0.5) is 15.8 Å². The second-order valence-corrected chi connectivity index (χ2v) is 10.9. The average Bonchev–Trinajstić information content (AvgIpc) is 3.04. The average molecular weight is 498 g/mol. The summed E-state index contributed by atoms with van der Waals surface area (Å²) in [5.41, 5.74) is 0.348. The Morgan fingerprint density at radius 1 is 1.12 bits per heavy atom. The highest BCUT2D eigenvalue weighted by atomic mass is 35.5. The minimum absolute atomic E-state index is 0.0345. The largest absolute Gasteiger partial charge is 0.341 e. The van der Waals surface area contributed by atoms with Gasteiger partial charge in [-0.3, -0.25) is 14.3 Å². The van der Waals surface area contributed by atoms with Gasteiger partial charge in [0.1, 0.15) is 5.82 Å². The third-order valence-electron chi connectivity index (χ3n) is 5.32. The number of nitrogens with zero attached hydrogens (tertiary/aromatic N) is 1. The van der Waals surface area contributed by atoms with E-state index in [0.29, 0.717) is 23.7 Å². The number of carbonyl (C=O) groups is 2. The molecule has 0 aromatic heterocycles. The smallest absolute Gasteiger partial charge is 0.262 e. The molecule has 11 heteroatoms. The quantitative estimate of drug-likeness (QED) is 0.620. The van der Waals surface area contributed by atoms with Gasteiger partial charge >= 0.3 is 0 Å². The number of hydrogen-bond donors (Lipinski definition) is 2. The summed E-state index contributed by atoms with van der Waals surface area (Å²) >= 11 is 7.03. The summed E-state index contributed by atoms with van der Waals surface area (Å²) in [4.78, 5) is 27.8. The van der Waals surface area contributed by atoms with Crippen molar-refractivity contribution in [2.45, 2.75) is 40.7 Å². The predicted molar refractivity (Wildman–Crippen MR) is 122 cm³/mol. The molecule has 0 radical (unpaired) electrons. The summed E-state index contributed by atoms with van der Waals surface area (Å²) in [6.07, 6.45) is 4.00. The van der Waals surface area contributed by atoms with Gasteiger partial charge < -0.3 is 10.2 Å². The lowest BCUT2D eigenvalue weighted by Crippen LogP contribution is -2.45. The van der Waals surface area contributed by atoms with E-state index in [1.807, 2.05) is 0 Å². The summed E-state index contributed by atoms with van der Waals surface area (Å²) < 4.78 is 41.1. The van der Waals surface area contributed by atoms with Crippen LogP contribution in [0.1, 0.15) is 25.7 Å². The molecular weight excluding hydrogens is 477 g/mol. The van der Waals surface area contributed by atoms with Crippen molar-refractivity contribution in [3.05, 3.63) is 47.2 Å². The van der Waals surface area contributed by atoms with Crippen LogP contribution in [-0.4, -0.2) is 43.5 Å². The molecule has 0 bridgehead atoms. The highest BCUT2D eigenvalue weighted by Gasteiger charge is 2.36. The summed E-state index contributed by atoms with van der Waals surface area (Å²) in [6, 6.07) is 7.59. The first kappa shape index (κ1) is 22.9. The topological polar surface area (TPSA) is 95.6 Å². The Labute approximate surface area is 194 Å². The molecule has 0 unspecified atom stereocenters. The van der Waals surface area contributed by atoms with Crippen LogP contribution < -0.4 is 10.0 Å². The molecule has 0 aliphatic carbocycles. The van der Waals surface area contributed by atoms with E-state index in [9.17, 15) is 22.4 Å². The van der Waals surface area contributed by atoms with Gasteiger partial charge in [0.2, 0.25) is 11.8 Å². The van der Waals surface area contributed by atoms with Crippen molar-refractivity contribution in [1.29, 1.82) is 0 Å². The molecule has 2 amide bonds. The first-order chi connectivity index (χ1) is 15.2. The van der Waals surface area contributed by atoms with E-state index in [1.165, 1.54) is 18.2 Å². The Balaban J connectivity index is 1.53. The molecule has 2 N–H and O–H groups in total. The van der Waals surface area contributed by atoms with Gasteiger partial charge in [0.15, 0.2) is 5.25 Å². The van der Waals surface area contributed by atoms with E-state index in [2.05, 4.69) is 10.0 Å². The molecule has 0 spiro atoms. The minimum atomic E-state index is -4.04. The van der Waals surface area contributed by atoms with Crippen molar-refractivity contribution in [2.24, 2.45) is 0 Å². The lowest BCUT2D eigenvalue weighted by Gasteiger charge is -2.28. The number of halogens is 2. The fraction of sp³-hybridized carbons (Fsp3) is 0.333. The molecule has 1 fully saturated rings. The van der Waals surface area contributed by atoms with Crippen LogP contribution in [0, 0.1) is 5.82 Å². The number of amides is 2. The number of carbonyl (C=O) groups excluding carboxylic acids is 2. The molecule has 4 rings (SSSR count). The van der Waals surface area contributed by atoms with Gasteiger partial charge in [-0.25, -0.2) is 12.8 Å². The molecule has 2 aromatic rings. The minimum Gasteiger partial charge on any atom is -0.341 e. The molecule has 2 aromatic carbocycles. The standard InChI is InChI=1S/C21H21ClFN3O4S2/c22-15-11-13(23)5-7-16(15)25-32(29,30)14-6-8-18-17(12-14)24-20(27)19(31-18)21(28)26-9-3-1-2-4-10-26/h5-8,11-12,19,25H,1-4,9-10H2,(H,24,27)/t19-/m1/s1. The fourth-order valence-corrected chi connectivity index (χ4v) is 6.08. The zero-order valence-electron chi connectivity index (χ0n) is 16.9. The lowest BCUT2D eigenvalue weighted by atomic mass is 10.2. The number of rotatable bonds is 4. The number of fused-ring (bicyclic) bond motifs is 1. The third kappa shape index (κ3) is 4.87. The van der Waals surface area contributed by atoms with Crippen molar-refractivity contribution in [3.63, 3.8) is 0 Å². The number of benzene rings is 2. The molecular formula is C21H21ClFN3O4S2. The number of hydrogen-bond acceptors (Lipinski definition) is 5. The Kier molecular flexibility index (Phi) is 6.64. The third-order valence-corrected chi connectivity index (χ3v) is 8.26. The Morgan fingerprint density at radius 3 is 2.53 bits per heavy atom. The molecule has 1 saturated heterocycles. The van der Waals surface area contributed by atoms with Crippen molar-refractivity contribution >= 4 is 56.6 Å². The number of thioether (sulfide) groups is 1. The zero-order chi connectivity index (χ0) is 22.9. The SMILES string of the molecule is O=C1Nc2cc(S(=O)(=O)Nc3ccc(F)cc3Cl)ccc2S[C@H]1C(=O)N1CCCCCC1. The van der Waals surface area contributed by atoms with Crippen LogP contribution in [0.25, 0.3) is 0 Å². The maximum absolute atomic E-state index is 13.2. The first-order valence-electron chi connectivity index (χ1n) is 10.1. The Bertz CT molecular complexity index is 1170. The van der Waals surface area contributed by atoms with Crippen LogP contribution >= 0.6 is 23.4 Å². The fourth-order valence-electron chi connectivity index (χ4n) is 3.65. The number of likely N-dealkylation sites (tertiary alicyclic amines) is 1. The summed E-state index contributed by atoms with van der Waals surface area (Å²) in [5.74, 6) is -1.28. The Hall–Kier alpha value is -2.30. The zero-order valence-corrected chi connectivity index (χ0v) is 19.3. The van der Waals surface area contributed by atoms with Gasteiger partial charge in [0, 0.05) is 18.0 Å². The molecule has 7 nitrogen and oxygen atoms in total. The van der Waals surface area contributed by atoms with Crippen LogP contribution in [0.15, 0.2) is 46.2 Å². The van der Waals surface area contributed by atoms with Crippen molar-refractivity contribution in [3.8, 4) is 0 Å². The summed E-state index contributed by atoms with van der Waals surface area (Å²) in [6.45, 7) is 1.29. The molecule has 0 saturated carbocycles. The second kappa shape index (κ2) is 9.29. The van der Waals surface area contributed by atoms with E-state index in [-0.39, 0.29) is 21.5 Å². The Morgan fingerprint density at radius 2 is 1.84 bits per heavy atom. The van der Waals surface area contributed by atoms with Crippen molar-refractivity contribution in [2.75, 3.05) is 23.1 Å². The molecule has 1 atom stereocenters. The maximum Gasteiger partial charge on any atom is 0.262 e. The first-order valence-corrected chi connectivity index (χ1v) is 12.9. The molecule has 170 valence electrons. The van der Waals surface area contributed by atoms with E-state index < -0.39 is 27.0 Å². The maximum atomic E-state index is 13.2. The highest BCUT2D eigenvalue weighted by molar-refractivity contribution is 8.01. The second-order valence-electron chi connectivity index (χ2n) is 7.61. The van der Waals surface area contributed by atoms with Crippen LogP contribution in [-0.2, 0) is 19.6 Å². The monoisotopic (exact) mass is 497 g/mol. The van der Waals surface area contributed by atoms with Gasteiger partial charge in [-0.15, -0.1) is 11.8 Å². The summed E-state index contributed by atoms with van der Waals surface area (Å²) in [7, 11) is -4.04. The van der Waals surface area contributed by atoms with Gasteiger partial charge in [-0.1, -0.05) is 24.4 Å². The van der Waals surface area contributed by atoms with E-state index >= 15 is 0 Å². The number of sulfonamides is 1. The van der Waals surface area contributed by atoms with E-state index in [0.717, 1.165) is 49.6 Å². The molecule has 32 heavy (non-hydrogen) atoms. The van der Waals surface area contributed by atoms with Gasteiger partial charge in [-0.2, -0.15) is 0 Å². The van der Waals surface area contributed by atoms with E-state index in [4.69, 9.17) is 11.6 Å². The molecule has 2 aliphatic heterocycles. The van der Waals surface area contributed by atoms with Crippen LogP contribution in [0.3, 0.4) is 0 Å². The van der Waals surface area contributed by atoms with Gasteiger partial charge in [-0.05, 0) is 49.2 Å². The predicted octanol–water partition coefficient (Wildman–Crippen LogP) is 4.10. The number of nitrogens with one attached hydrogen (secondary N) is 2. The molecule has 2 aliphatic rings. The molecule has 2 heterocycles. The normalized spacial score (nSPS) is 19.0. The van der Waals surface area contributed by atoms with Crippen LogP contribution in [0.5, 0.6) is 0 Å². The summed E-state index contributed by atoms with van der Waals surface area (Å²) in [5, 5.41) is 1.68. The van der Waals surface area contributed by atoms with E-state index in [1.54, 1.807) is 11.0 Å². The van der Waals surface area contributed by atoms with Crippen molar-refractivity contribution < 1.29 is 22.4 Å².